The minimum Gasteiger partial charge on any atom is -0.350 e. The summed E-state index contributed by atoms with van der Waals surface area (Å²) in [5.41, 5.74) is 3.40. The van der Waals surface area contributed by atoms with Crippen LogP contribution in [-0.2, 0) is 17.8 Å². The van der Waals surface area contributed by atoms with Crippen LogP contribution in [-0.4, -0.2) is 18.5 Å². The van der Waals surface area contributed by atoms with E-state index in [0.29, 0.717) is 6.54 Å². The molecule has 6 heteroatoms. The molecule has 25 heavy (non-hydrogen) atoms. The molecule has 0 spiro atoms. The fourth-order valence-electron chi connectivity index (χ4n) is 2.99. The molecule has 0 fully saturated rings. The fraction of sp³-hybridized carbons (Fsp3) is 0.263. The minimum atomic E-state index is -0.326. The second-order valence-electron chi connectivity index (χ2n) is 5.99. The van der Waals surface area contributed by atoms with Crippen molar-refractivity contribution in [1.29, 1.82) is 0 Å². The first-order valence-electron chi connectivity index (χ1n) is 8.26. The molecular formula is C19H20BrN3O2. The number of fused-ring (bicyclic) bond motifs is 1. The normalized spacial score (nSPS) is 15.3. The smallest absolute Gasteiger partial charge is 0.315 e. The molecule has 3 N–H and O–H groups in total. The summed E-state index contributed by atoms with van der Waals surface area (Å²) in [4.78, 5) is 23.9. The van der Waals surface area contributed by atoms with Crippen molar-refractivity contribution in [1.82, 2.24) is 16.0 Å². The molecule has 0 heterocycles. The van der Waals surface area contributed by atoms with Crippen molar-refractivity contribution in [3.05, 3.63) is 69.7 Å². The van der Waals surface area contributed by atoms with Gasteiger partial charge < -0.3 is 16.0 Å². The monoisotopic (exact) mass is 401 g/mol. The molecule has 0 radical (unpaired) electrons. The Morgan fingerprint density at radius 3 is 2.64 bits per heavy atom. The van der Waals surface area contributed by atoms with Crippen LogP contribution in [0.1, 0.15) is 29.2 Å². The van der Waals surface area contributed by atoms with Crippen LogP contribution in [0.5, 0.6) is 0 Å². The molecule has 5 nitrogen and oxygen atoms in total. The number of benzene rings is 2. The maximum absolute atomic E-state index is 12.1. The minimum absolute atomic E-state index is 0.0140. The highest BCUT2D eigenvalue weighted by atomic mass is 79.9. The third kappa shape index (κ3) is 4.60. The van der Waals surface area contributed by atoms with E-state index < -0.39 is 0 Å². The number of nitrogens with one attached hydrogen (secondary N) is 3. The van der Waals surface area contributed by atoms with E-state index in [1.54, 1.807) is 0 Å². The molecule has 1 aliphatic rings. The van der Waals surface area contributed by atoms with E-state index in [1.807, 2.05) is 48.5 Å². The van der Waals surface area contributed by atoms with Gasteiger partial charge in [0.15, 0.2) is 0 Å². The average molecular weight is 402 g/mol. The summed E-state index contributed by atoms with van der Waals surface area (Å²) in [6, 6.07) is 15.3. The Morgan fingerprint density at radius 2 is 1.84 bits per heavy atom. The molecule has 0 aromatic heterocycles. The third-order valence-electron chi connectivity index (χ3n) is 4.26. The summed E-state index contributed by atoms with van der Waals surface area (Å²) in [7, 11) is 0. The number of carbonyl (C=O) groups is 2. The highest BCUT2D eigenvalue weighted by Crippen LogP contribution is 2.35. The molecule has 1 unspecified atom stereocenters. The Bertz CT molecular complexity index is 765. The lowest BCUT2D eigenvalue weighted by Gasteiger charge is -2.15. The highest BCUT2D eigenvalue weighted by Gasteiger charge is 2.25. The zero-order valence-electron chi connectivity index (χ0n) is 13.7. The topological polar surface area (TPSA) is 70.2 Å². The molecule has 2 aromatic carbocycles. The first-order valence-corrected chi connectivity index (χ1v) is 9.05. The van der Waals surface area contributed by atoms with Gasteiger partial charge in [0.05, 0.1) is 12.6 Å². The van der Waals surface area contributed by atoms with Crippen molar-refractivity contribution in [2.24, 2.45) is 0 Å². The van der Waals surface area contributed by atoms with Crippen LogP contribution in [0.15, 0.2) is 53.0 Å². The van der Waals surface area contributed by atoms with Crippen LogP contribution in [0.2, 0.25) is 0 Å². The Morgan fingerprint density at radius 1 is 1.04 bits per heavy atom. The van der Waals surface area contributed by atoms with Gasteiger partial charge in [-0.15, -0.1) is 0 Å². The van der Waals surface area contributed by atoms with E-state index in [1.165, 1.54) is 5.56 Å². The van der Waals surface area contributed by atoms with Gasteiger partial charge in [-0.1, -0.05) is 58.4 Å². The Balaban J connectivity index is 1.43. The Hall–Kier alpha value is -2.34. The van der Waals surface area contributed by atoms with Crippen molar-refractivity contribution in [2.75, 3.05) is 6.54 Å². The van der Waals surface area contributed by atoms with E-state index in [4.69, 9.17) is 0 Å². The first kappa shape index (κ1) is 17.5. The number of carbonyl (C=O) groups excluding carboxylic acids is 2. The van der Waals surface area contributed by atoms with Crippen molar-refractivity contribution >= 4 is 27.9 Å². The number of hydrogen-bond acceptors (Lipinski definition) is 2. The first-order chi connectivity index (χ1) is 12.1. The largest absolute Gasteiger partial charge is 0.350 e. The van der Waals surface area contributed by atoms with Gasteiger partial charge in [0.25, 0.3) is 0 Å². The van der Waals surface area contributed by atoms with Gasteiger partial charge in [-0.25, -0.2) is 4.79 Å². The number of rotatable bonds is 5. The summed E-state index contributed by atoms with van der Waals surface area (Å²) in [6.07, 6.45) is 1.80. The van der Waals surface area contributed by atoms with Crippen molar-refractivity contribution in [3.8, 4) is 0 Å². The SMILES string of the molecule is O=C(CNC(=O)NC1CCc2c(Br)cccc21)NCc1ccccc1. The lowest BCUT2D eigenvalue weighted by atomic mass is 10.1. The maximum atomic E-state index is 12.1. The van der Waals surface area contributed by atoms with E-state index >= 15 is 0 Å². The average Bonchev–Trinajstić information content (AvgIpc) is 3.03. The van der Waals surface area contributed by atoms with Crippen molar-refractivity contribution < 1.29 is 9.59 Å². The lowest BCUT2D eigenvalue weighted by Crippen LogP contribution is -2.42. The van der Waals surface area contributed by atoms with Gasteiger partial charge in [-0.05, 0) is 35.6 Å². The number of hydrogen-bond donors (Lipinski definition) is 3. The molecule has 3 rings (SSSR count). The Labute approximate surface area is 155 Å². The molecule has 0 aliphatic heterocycles. The van der Waals surface area contributed by atoms with Gasteiger partial charge in [-0.2, -0.15) is 0 Å². The van der Waals surface area contributed by atoms with Crippen LogP contribution in [0.4, 0.5) is 4.79 Å². The summed E-state index contributed by atoms with van der Waals surface area (Å²) >= 11 is 3.55. The number of urea groups is 1. The van der Waals surface area contributed by atoms with E-state index in [9.17, 15) is 9.59 Å². The summed E-state index contributed by atoms with van der Waals surface area (Å²) < 4.78 is 1.08. The summed E-state index contributed by atoms with van der Waals surface area (Å²) in [5.74, 6) is -0.214. The van der Waals surface area contributed by atoms with E-state index in [-0.39, 0.29) is 24.5 Å². The highest BCUT2D eigenvalue weighted by molar-refractivity contribution is 9.10. The summed E-state index contributed by atoms with van der Waals surface area (Å²) in [5, 5.41) is 8.34. The molecule has 0 saturated heterocycles. The predicted molar refractivity (Wildman–Crippen MR) is 100 cm³/mol. The fourth-order valence-corrected chi connectivity index (χ4v) is 3.57. The van der Waals surface area contributed by atoms with Crippen LogP contribution < -0.4 is 16.0 Å². The number of amides is 3. The molecular weight excluding hydrogens is 382 g/mol. The van der Waals surface area contributed by atoms with Crippen molar-refractivity contribution in [3.63, 3.8) is 0 Å². The quantitative estimate of drug-likeness (QED) is 0.720. The van der Waals surface area contributed by atoms with E-state index in [0.717, 1.165) is 28.4 Å². The zero-order valence-corrected chi connectivity index (χ0v) is 15.3. The van der Waals surface area contributed by atoms with Gasteiger partial charge in [-0.3, -0.25) is 4.79 Å². The van der Waals surface area contributed by atoms with Crippen LogP contribution in [0.25, 0.3) is 0 Å². The Kier molecular flexibility index (Phi) is 5.71. The second-order valence-corrected chi connectivity index (χ2v) is 6.84. The molecule has 0 saturated carbocycles. The lowest BCUT2D eigenvalue weighted by molar-refractivity contribution is -0.120. The molecule has 2 aromatic rings. The van der Waals surface area contributed by atoms with Gasteiger partial charge in [0.1, 0.15) is 0 Å². The standard InChI is InChI=1S/C19H20BrN3O2/c20-16-8-4-7-15-14(16)9-10-17(15)23-19(25)22-12-18(24)21-11-13-5-2-1-3-6-13/h1-8,17H,9-12H2,(H,21,24)(H2,22,23,25). The molecule has 1 atom stereocenters. The van der Waals surface area contributed by atoms with E-state index in [2.05, 4.69) is 31.9 Å². The zero-order chi connectivity index (χ0) is 17.6. The van der Waals surface area contributed by atoms with Gasteiger partial charge >= 0.3 is 6.03 Å². The van der Waals surface area contributed by atoms with Crippen LogP contribution in [0.3, 0.4) is 0 Å². The second kappa shape index (κ2) is 8.16. The third-order valence-corrected chi connectivity index (χ3v) is 5.00. The van der Waals surface area contributed by atoms with Crippen LogP contribution in [0, 0.1) is 0 Å². The van der Waals surface area contributed by atoms with Gasteiger partial charge in [0.2, 0.25) is 5.91 Å². The maximum Gasteiger partial charge on any atom is 0.315 e. The molecule has 3 amide bonds. The van der Waals surface area contributed by atoms with Gasteiger partial charge in [0, 0.05) is 11.0 Å². The van der Waals surface area contributed by atoms with Crippen molar-refractivity contribution in [2.45, 2.75) is 25.4 Å². The molecule has 130 valence electrons. The predicted octanol–water partition coefficient (Wildman–Crippen LogP) is 3.05. The van der Waals surface area contributed by atoms with Crippen LogP contribution >= 0.6 is 15.9 Å². The summed E-state index contributed by atoms with van der Waals surface area (Å²) in [6.45, 7) is 0.406. The molecule has 0 bridgehead atoms. The molecule has 1 aliphatic carbocycles. The number of halogens is 1.